The van der Waals surface area contributed by atoms with Crippen LogP contribution < -0.4 is 11.1 Å². The van der Waals surface area contributed by atoms with Gasteiger partial charge in [0.05, 0.1) is 4.90 Å². The van der Waals surface area contributed by atoms with Crippen LogP contribution in [0.5, 0.6) is 0 Å². The highest BCUT2D eigenvalue weighted by Gasteiger charge is 2.25. The molecule has 1 aliphatic rings. The van der Waals surface area contributed by atoms with Crippen LogP contribution in [0, 0.1) is 0 Å². The standard InChI is InChI=1S/C16H25N3O3S/c17-9-6-10-18-16(20)14-7-5-8-15(13-14)23(21,22)19-11-3-1-2-4-12-19/h5,7-8,13H,1-4,6,9-12,17H2,(H,18,20). The molecule has 0 saturated carbocycles. The normalized spacial score (nSPS) is 16.7. The number of amides is 1. The van der Waals surface area contributed by atoms with E-state index in [9.17, 15) is 13.2 Å². The molecular weight excluding hydrogens is 314 g/mol. The number of benzene rings is 1. The second-order valence-corrected chi connectivity index (χ2v) is 7.68. The second kappa shape index (κ2) is 8.42. The lowest BCUT2D eigenvalue weighted by atomic mass is 10.2. The molecule has 2 rings (SSSR count). The molecular formula is C16H25N3O3S. The van der Waals surface area contributed by atoms with Gasteiger partial charge in [-0.1, -0.05) is 18.9 Å². The van der Waals surface area contributed by atoms with Crippen molar-refractivity contribution in [1.82, 2.24) is 9.62 Å². The van der Waals surface area contributed by atoms with Crippen LogP contribution >= 0.6 is 0 Å². The van der Waals surface area contributed by atoms with E-state index in [1.807, 2.05) is 0 Å². The quantitative estimate of drug-likeness (QED) is 0.765. The first-order chi connectivity index (χ1) is 11.1. The Morgan fingerprint density at radius 1 is 1.17 bits per heavy atom. The lowest BCUT2D eigenvalue weighted by molar-refractivity contribution is 0.0953. The van der Waals surface area contributed by atoms with Crippen LogP contribution in [0.1, 0.15) is 42.5 Å². The molecule has 1 aromatic carbocycles. The molecule has 0 unspecified atom stereocenters. The van der Waals surface area contributed by atoms with Crippen molar-refractivity contribution in [1.29, 1.82) is 0 Å². The molecule has 6 nitrogen and oxygen atoms in total. The van der Waals surface area contributed by atoms with Gasteiger partial charge in [0.2, 0.25) is 10.0 Å². The average Bonchev–Trinajstić information content (AvgIpc) is 2.85. The minimum Gasteiger partial charge on any atom is -0.352 e. The van der Waals surface area contributed by atoms with Crippen LogP contribution in [-0.4, -0.2) is 44.8 Å². The summed E-state index contributed by atoms with van der Waals surface area (Å²) < 4.78 is 27.0. The maximum Gasteiger partial charge on any atom is 0.251 e. The van der Waals surface area contributed by atoms with Gasteiger partial charge in [-0.15, -0.1) is 0 Å². The highest BCUT2D eigenvalue weighted by Crippen LogP contribution is 2.21. The number of nitrogens with zero attached hydrogens (tertiary/aromatic N) is 1. The van der Waals surface area contributed by atoms with Crippen molar-refractivity contribution in [3.8, 4) is 0 Å². The van der Waals surface area contributed by atoms with Crippen LogP contribution in [0.25, 0.3) is 0 Å². The molecule has 1 amide bonds. The van der Waals surface area contributed by atoms with E-state index in [1.165, 1.54) is 10.4 Å². The van der Waals surface area contributed by atoms with E-state index in [0.29, 0.717) is 38.2 Å². The monoisotopic (exact) mass is 339 g/mol. The van der Waals surface area contributed by atoms with Gasteiger partial charge in [0.1, 0.15) is 0 Å². The van der Waals surface area contributed by atoms with Crippen LogP contribution in [0.3, 0.4) is 0 Å². The predicted molar refractivity (Wildman–Crippen MR) is 89.7 cm³/mol. The number of hydrogen-bond donors (Lipinski definition) is 2. The van der Waals surface area contributed by atoms with E-state index >= 15 is 0 Å². The molecule has 1 fully saturated rings. The third-order valence-electron chi connectivity index (χ3n) is 3.97. The summed E-state index contributed by atoms with van der Waals surface area (Å²) >= 11 is 0. The van der Waals surface area contributed by atoms with Gasteiger partial charge in [0.25, 0.3) is 5.91 Å². The average molecular weight is 339 g/mol. The molecule has 1 saturated heterocycles. The summed E-state index contributed by atoms with van der Waals surface area (Å²) in [6, 6.07) is 6.25. The van der Waals surface area contributed by atoms with Crippen LogP contribution in [0.4, 0.5) is 0 Å². The van der Waals surface area contributed by atoms with Gasteiger partial charge in [-0.3, -0.25) is 4.79 Å². The third kappa shape index (κ3) is 4.76. The third-order valence-corrected chi connectivity index (χ3v) is 5.86. The Balaban J connectivity index is 2.15. The van der Waals surface area contributed by atoms with Crippen molar-refractivity contribution in [3.63, 3.8) is 0 Å². The summed E-state index contributed by atoms with van der Waals surface area (Å²) in [5.74, 6) is -0.272. The molecule has 0 spiro atoms. The Hall–Kier alpha value is -1.44. The number of carbonyl (C=O) groups excluding carboxylic acids is 1. The first-order valence-electron chi connectivity index (χ1n) is 8.14. The van der Waals surface area contributed by atoms with Crippen LogP contribution in [-0.2, 0) is 10.0 Å². The zero-order chi connectivity index (χ0) is 16.7. The largest absolute Gasteiger partial charge is 0.352 e. The van der Waals surface area contributed by atoms with E-state index in [2.05, 4.69) is 5.32 Å². The summed E-state index contributed by atoms with van der Waals surface area (Å²) in [6.45, 7) is 2.09. The van der Waals surface area contributed by atoms with E-state index in [4.69, 9.17) is 5.73 Å². The molecule has 23 heavy (non-hydrogen) atoms. The molecule has 128 valence electrons. The fraction of sp³-hybridized carbons (Fsp3) is 0.562. The van der Waals surface area contributed by atoms with Gasteiger partial charge in [0, 0.05) is 25.2 Å². The minimum absolute atomic E-state index is 0.186. The van der Waals surface area contributed by atoms with Gasteiger partial charge in [-0.05, 0) is 44.0 Å². The molecule has 0 atom stereocenters. The first kappa shape index (κ1) is 17.9. The number of nitrogens with two attached hydrogens (primary N) is 1. The van der Waals surface area contributed by atoms with E-state index in [0.717, 1.165) is 25.7 Å². The predicted octanol–water partition coefficient (Wildman–Crippen LogP) is 1.33. The van der Waals surface area contributed by atoms with Crippen LogP contribution in [0.2, 0.25) is 0 Å². The van der Waals surface area contributed by atoms with Gasteiger partial charge in [0.15, 0.2) is 0 Å². The Morgan fingerprint density at radius 2 is 1.87 bits per heavy atom. The van der Waals surface area contributed by atoms with Crippen molar-refractivity contribution in [2.75, 3.05) is 26.2 Å². The summed E-state index contributed by atoms with van der Waals surface area (Å²) in [7, 11) is -3.53. The van der Waals surface area contributed by atoms with Gasteiger partial charge in [-0.2, -0.15) is 4.31 Å². The smallest absolute Gasteiger partial charge is 0.251 e. The molecule has 0 bridgehead atoms. The Morgan fingerprint density at radius 3 is 2.52 bits per heavy atom. The molecule has 3 N–H and O–H groups in total. The molecule has 1 aromatic rings. The molecule has 1 heterocycles. The maximum absolute atomic E-state index is 12.8. The minimum atomic E-state index is -3.53. The molecule has 0 aromatic heterocycles. The Labute approximate surface area is 138 Å². The summed E-state index contributed by atoms with van der Waals surface area (Å²) in [4.78, 5) is 12.3. The zero-order valence-electron chi connectivity index (χ0n) is 13.3. The van der Waals surface area contributed by atoms with Gasteiger partial charge >= 0.3 is 0 Å². The fourth-order valence-corrected chi connectivity index (χ4v) is 4.20. The lowest BCUT2D eigenvalue weighted by Crippen LogP contribution is -2.32. The molecule has 7 heteroatoms. The van der Waals surface area contributed by atoms with Gasteiger partial charge in [-0.25, -0.2) is 8.42 Å². The van der Waals surface area contributed by atoms with Crippen molar-refractivity contribution in [3.05, 3.63) is 29.8 Å². The van der Waals surface area contributed by atoms with E-state index in [1.54, 1.807) is 18.2 Å². The van der Waals surface area contributed by atoms with Crippen molar-refractivity contribution >= 4 is 15.9 Å². The summed E-state index contributed by atoms with van der Waals surface area (Å²) in [5, 5.41) is 2.74. The second-order valence-electron chi connectivity index (χ2n) is 5.74. The zero-order valence-corrected chi connectivity index (χ0v) is 14.1. The first-order valence-corrected chi connectivity index (χ1v) is 9.58. The van der Waals surface area contributed by atoms with Gasteiger partial charge < -0.3 is 11.1 Å². The number of hydrogen-bond acceptors (Lipinski definition) is 4. The number of rotatable bonds is 6. The molecule has 1 aliphatic heterocycles. The number of nitrogens with one attached hydrogen (secondary N) is 1. The lowest BCUT2D eigenvalue weighted by Gasteiger charge is -2.20. The maximum atomic E-state index is 12.8. The fourth-order valence-electron chi connectivity index (χ4n) is 2.63. The molecule has 0 radical (unpaired) electrons. The van der Waals surface area contributed by atoms with Crippen molar-refractivity contribution in [2.45, 2.75) is 37.0 Å². The highest BCUT2D eigenvalue weighted by molar-refractivity contribution is 7.89. The summed E-state index contributed by atoms with van der Waals surface area (Å²) in [5.41, 5.74) is 5.75. The highest BCUT2D eigenvalue weighted by atomic mass is 32.2. The topological polar surface area (TPSA) is 92.5 Å². The van der Waals surface area contributed by atoms with E-state index in [-0.39, 0.29) is 10.8 Å². The van der Waals surface area contributed by atoms with Crippen LogP contribution in [0.15, 0.2) is 29.2 Å². The number of sulfonamides is 1. The SMILES string of the molecule is NCCCNC(=O)c1cccc(S(=O)(=O)N2CCCCCC2)c1. The molecule has 0 aliphatic carbocycles. The Bertz CT molecular complexity index is 623. The van der Waals surface area contributed by atoms with Crippen molar-refractivity contribution in [2.24, 2.45) is 5.73 Å². The number of carbonyl (C=O) groups is 1. The van der Waals surface area contributed by atoms with Crippen molar-refractivity contribution < 1.29 is 13.2 Å². The van der Waals surface area contributed by atoms with E-state index < -0.39 is 10.0 Å². The Kier molecular flexibility index (Phi) is 6.56. The summed E-state index contributed by atoms with van der Waals surface area (Å²) in [6.07, 6.45) is 4.60.